The van der Waals surface area contributed by atoms with Crippen LogP contribution in [0.3, 0.4) is 0 Å². The Bertz CT molecular complexity index is 1450. The lowest BCUT2D eigenvalue weighted by atomic mass is 10.2. The molecule has 0 bridgehead atoms. The second-order valence-corrected chi connectivity index (χ2v) is 9.99. The van der Waals surface area contributed by atoms with Crippen LogP contribution in [-0.4, -0.2) is 26.1 Å². The van der Waals surface area contributed by atoms with Gasteiger partial charge in [0.1, 0.15) is 5.76 Å². The minimum atomic E-state index is -0.535. The Hall–Kier alpha value is -2.67. The third kappa shape index (κ3) is 5.35. The number of nitrogens with one attached hydrogen (secondary N) is 1. The Balaban J connectivity index is 1.61. The van der Waals surface area contributed by atoms with Crippen LogP contribution in [0.15, 0.2) is 72.0 Å². The van der Waals surface area contributed by atoms with Crippen molar-refractivity contribution < 1.29 is 14.1 Å². The van der Waals surface area contributed by atoms with Crippen molar-refractivity contribution in [2.24, 2.45) is 0 Å². The number of benzene rings is 2. The minimum Gasteiger partial charge on any atom is -0.467 e. The number of nitrogens with zero attached hydrogens (tertiary/aromatic N) is 3. The first-order chi connectivity index (χ1) is 16.2. The number of rotatable bonds is 7. The van der Waals surface area contributed by atoms with Crippen molar-refractivity contribution in [3.63, 3.8) is 0 Å². The van der Waals surface area contributed by atoms with Gasteiger partial charge in [-0.15, -0.1) is 0 Å². The summed E-state index contributed by atoms with van der Waals surface area (Å²) < 4.78 is 7.51. The molecule has 13 heteroatoms. The lowest BCUT2D eigenvalue weighted by Crippen LogP contribution is -2.24. The summed E-state index contributed by atoms with van der Waals surface area (Å²) in [5, 5.41) is 14.9. The molecule has 2 heterocycles. The van der Waals surface area contributed by atoms with Crippen molar-refractivity contribution in [1.29, 1.82) is 0 Å². The molecule has 4 aromatic rings. The molecule has 9 nitrogen and oxygen atoms in total. The number of nitro groups is 1. The Kier molecular flexibility index (Phi) is 7.41. The number of aromatic nitrogens is 2. The maximum Gasteiger partial charge on any atom is 0.271 e. The van der Waals surface area contributed by atoms with Crippen LogP contribution in [0.1, 0.15) is 5.76 Å². The molecule has 2 aromatic carbocycles. The van der Waals surface area contributed by atoms with E-state index >= 15 is 0 Å². The number of carbonyl (C=O) groups is 1. The van der Waals surface area contributed by atoms with Gasteiger partial charge in [-0.25, -0.2) is 4.98 Å². The topological polar surface area (TPSA) is 120 Å². The highest BCUT2D eigenvalue weighted by Gasteiger charge is 2.18. The van der Waals surface area contributed by atoms with E-state index in [4.69, 9.17) is 16.0 Å². The third-order valence-electron chi connectivity index (χ3n) is 4.61. The number of anilines is 1. The van der Waals surface area contributed by atoms with Crippen LogP contribution in [0.2, 0.25) is 5.02 Å². The summed E-state index contributed by atoms with van der Waals surface area (Å²) in [6.07, 6.45) is 1.51. The SMILES string of the molecule is O=C(CSc1nc2cc(Cl)ccc2c(=O)n1Cc1ccco1)Nc1c(Br)cc([N+](=O)[O-])cc1Br. The quantitative estimate of drug-likeness (QED) is 0.118. The van der Waals surface area contributed by atoms with Crippen molar-refractivity contribution in [1.82, 2.24) is 9.55 Å². The van der Waals surface area contributed by atoms with Gasteiger partial charge >= 0.3 is 0 Å². The molecule has 4 rings (SSSR count). The molecule has 0 saturated heterocycles. The van der Waals surface area contributed by atoms with E-state index in [0.717, 1.165) is 11.8 Å². The van der Waals surface area contributed by atoms with E-state index in [-0.39, 0.29) is 23.5 Å². The molecular weight excluding hydrogens is 616 g/mol. The third-order valence-corrected chi connectivity index (χ3v) is 7.07. The molecule has 0 atom stereocenters. The van der Waals surface area contributed by atoms with Crippen LogP contribution in [0.25, 0.3) is 10.9 Å². The van der Waals surface area contributed by atoms with Crippen molar-refractivity contribution >= 4 is 83.4 Å². The van der Waals surface area contributed by atoms with E-state index in [1.54, 1.807) is 30.3 Å². The van der Waals surface area contributed by atoms with Crippen LogP contribution >= 0.6 is 55.2 Å². The molecule has 0 aliphatic heterocycles. The van der Waals surface area contributed by atoms with Gasteiger partial charge in [0.2, 0.25) is 5.91 Å². The fraction of sp³-hybridized carbons (Fsp3) is 0.0952. The largest absolute Gasteiger partial charge is 0.467 e. The molecule has 174 valence electrons. The molecule has 0 radical (unpaired) electrons. The molecule has 1 amide bonds. The van der Waals surface area contributed by atoms with Crippen LogP contribution in [0, 0.1) is 10.1 Å². The number of furan rings is 1. The average Bonchev–Trinajstić information content (AvgIpc) is 3.30. The molecule has 2 aromatic heterocycles. The standard InChI is InChI=1S/C21H13Br2ClN4O5S/c22-15-7-12(28(31)32)8-16(23)19(15)26-18(29)10-34-21-25-17-6-11(24)3-4-14(17)20(30)27(21)9-13-2-1-5-33-13/h1-8H,9-10H2,(H,26,29). The summed E-state index contributed by atoms with van der Waals surface area (Å²) in [5.74, 6) is 0.0829. The molecule has 1 N–H and O–H groups in total. The number of fused-ring (bicyclic) bond motifs is 1. The number of thioether (sulfide) groups is 1. The van der Waals surface area contributed by atoms with Crippen LogP contribution in [0.5, 0.6) is 0 Å². The number of hydrogen-bond donors (Lipinski definition) is 1. The fourth-order valence-corrected chi connectivity index (χ4v) is 5.40. The molecule has 0 aliphatic carbocycles. The summed E-state index contributed by atoms with van der Waals surface area (Å²) in [7, 11) is 0. The van der Waals surface area contributed by atoms with Crippen LogP contribution in [-0.2, 0) is 11.3 Å². The van der Waals surface area contributed by atoms with Gasteiger partial charge in [0, 0.05) is 26.1 Å². The van der Waals surface area contributed by atoms with Crippen molar-refractivity contribution in [3.8, 4) is 0 Å². The highest BCUT2D eigenvalue weighted by atomic mass is 79.9. The molecule has 0 unspecified atom stereocenters. The normalized spacial score (nSPS) is 11.0. The molecule has 34 heavy (non-hydrogen) atoms. The average molecular weight is 629 g/mol. The summed E-state index contributed by atoms with van der Waals surface area (Å²) in [4.78, 5) is 40.9. The van der Waals surface area contributed by atoms with E-state index in [0.29, 0.717) is 41.5 Å². The Morgan fingerprint density at radius 2 is 1.97 bits per heavy atom. The van der Waals surface area contributed by atoms with Gasteiger partial charge in [0.25, 0.3) is 11.2 Å². The number of non-ortho nitro benzene ring substituents is 1. The lowest BCUT2D eigenvalue weighted by Gasteiger charge is -2.13. The van der Waals surface area contributed by atoms with Gasteiger partial charge in [-0.1, -0.05) is 23.4 Å². The number of nitro benzene ring substituents is 1. The zero-order chi connectivity index (χ0) is 24.4. The first kappa shape index (κ1) is 24.5. The van der Waals surface area contributed by atoms with Gasteiger partial charge in [0.05, 0.1) is 40.1 Å². The first-order valence-electron chi connectivity index (χ1n) is 9.51. The van der Waals surface area contributed by atoms with Gasteiger partial charge < -0.3 is 9.73 Å². The highest BCUT2D eigenvalue weighted by molar-refractivity contribution is 9.11. The van der Waals surface area contributed by atoms with Gasteiger partial charge in [-0.3, -0.25) is 24.3 Å². The van der Waals surface area contributed by atoms with Gasteiger partial charge in [-0.05, 0) is 62.2 Å². The smallest absolute Gasteiger partial charge is 0.271 e. The zero-order valence-corrected chi connectivity index (χ0v) is 21.7. The molecular formula is C21H13Br2ClN4O5S. The van der Waals surface area contributed by atoms with E-state index in [9.17, 15) is 19.7 Å². The monoisotopic (exact) mass is 626 g/mol. The lowest BCUT2D eigenvalue weighted by molar-refractivity contribution is -0.385. The van der Waals surface area contributed by atoms with E-state index < -0.39 is 10.8 Å². The summed E-state index contributed by atoms with van der Waals surface area (Å²) in [6.45, 7) is 0.140. The Morgan fingerprint density at radius 1 is 1.24 bits per heavy atom. The van der Waals surface area contributed by atoms with Crippen LogP contribution in [0.4, 0.5) is 11.4 Å². The highest BCUT2D eigenvalue weighted by Crippen LogP contribution is 2.35. The predicted molar refractivity (Wildman–Crippen MR) is 137 cm³/mol. The number of halogens is 3. The second-order valence-electron chi connectivity index (χ2n) is 6.90. The summed E-state index contributed by atoms with van der Waals surface area (Å²) in [6, 6.07) is 10.9. The maximum absolute atomic E-state index is 13.2. The maximum atomic E-state index is 13.2. The molecule has 0 fully saturated rings. The number of amides is 1. The van der Waals surface area contributed by atoms with E-state index in [1.807, 2.05) is 0 Å². The van der Waals surface area contributed by atoms with Crippen LogP contribution < -0.4 is 10.9 Å². The predicted octanol–water partition coefficient (Wildman–Crippen LogP) is 5.86. The summed E-state index contributed by atoms with van der Waals surface area (Å²) in [5.41, 5.74) is 0.341. The number of hydrogen-bond acceptors (Lipinski definition) is 7. The zero-order valence-electron chi connectivity index (χ0n) is 17.0. The van der Waals surface area contributed by atoms with Gasteiger partial charge in [0.15, 0.2) is 5.16 Å². The fourth-order valence-electron chi connectivity index (χ4n) is 3.07. The molecule has 0 spiro atoms. The minimum absolute atomic E-state index is 0.0769. The van der Waals surface area contributed by atoms with Crippen molar-refractivity contribution in [3.05, 3.63) is 88.9 Å². The Morgan fingerprint density at radius 3 is 2.62 bits per heavy atom. The van der Waals surface area contributed by atoms with Gasteiger partial charge in [-0.2, -0.15) is 0 Å². The molecule has 0 saturated carbocycles. The van der Waals surface area contributed by atoms with Crippen molar-refractivity contribution in [2.45, 2.75) is 11.7 Å². The van der Waals surface area contributed by atoms with E-state index in [1.165, 1.54) is 23.0 Å². The first-order valence-corrected chi connectivity index (χ1v) is 12.5. The molecule has 0 aliphatic rings. The van der Waals surface area contributed by atoms with E-state index in [2.05, 4.69) is 42.2 Å². The van der Waals surface area contributed by atoms with Crippen molar-refractivity contribution in [2.75, 3.05) is 11.1 Å². The second kappa shape index (κ2) is 10.3. The summed E-state index contributed by atoms with van der Waals surface area (Å²) >= 11 is 13.6. The number of carbonyl (C=O) groups excluding carboxylic acids is 1. The Labute approximate surface area is 217 Å².